The Kier molecular flexibility index (Phi) is 5.33. The molecule has 0 aromatic heterocycles. The smallest absolute Gasteiger partial charge is 0.316 e. The van der Waals surface area contributed by atoms with Crippen LogP contribution in [0.25, 0.3) is 0 Å². The number of aryl methyl sites for hydroxylation is 2. The molecule has 0 unspecified atom stereocenters. The number of hydrogen-bond donors (Lipinski definition) is 1. The van der Waals surface area contributed by atoms with Gasteiger partial charge >= 0.3 is 5.97 Å². The summed E-state index contributed by atoms with van der Waals surface area (Å²) >= 11 is 1.42. The molecular weight excluding hydrogens is 336 g/mol. The molecule has 1 amide bonds. The number of benzene rings is 1. The van der Waals surface area contributed by atoms with Crippen LogP contribution >= 0.6 is 11.8 Å². The van der Waals surface area contributed by atoms with Crippen molar-refractivity contribution in [3.63, 3.8) is 0 Å². The van der Waals surface area contributed by atoms with E-state index in [2.05, 4.69) is 23.5 Å². The van der Waals surface area contributed by atoms with Gasteiger partial charge in [0.05, 0.1) is 11.8 Å². The minimum absolute atomic E-state index is 0.171. The summed E-state index contributed by atoms with van der Waals surface area (Å²) < 4.78 is 5.03. The molecule has 5 nitrogen and oxygen atoms in total. The highest BCUT2D eigenvalue weighted by Gasteiger charge is 2.43. The number of nitrogens with one attached hydrogen (secondary N) is 1. The zero-order valence-corrected chi connectivity index (χ0v) is 15.2. The van der Waals surface area contributed by atoms with Crippen molar-refractivity contribution in [2.75, 3.05) is 12.4 Å². The fourth-order valence-corrected chi connectivity index (χ4v) is 3.93. The van der Waals surface area contributed by atoms with Crippen LogP contribution in [-0.4, -0.2) is 29.8 Å². The summed E-state index contributed by atoms with van der Waals surface area (Å²) in [5.41, 5.74) is 1.91. The van der Waals surface area contributed by atoms with Crippen LogP contribution in [0, 0.1) is 17.2 Å². The summed E-state index contributed by atoms with van der Waals surface area (Å²) in [6.45, 7) is 1.38. The molecule has 1 saturated carbocycles. The summed E-state index contributed by atoms with van der Waals surface area (Å²) in [7, 11) is 0. The molecule has 0 saturated heterocycles. The number of carbonyl (C=O) groups is 2. The van der Waals surface area contributed by atoms with E-state index in [4.69, 9.17) is 4.74 Å². The topological polar surface area (TPSA) is 79.2 Å². The number of nitriles is 1. The molecule has 1 aromatic carbocycles. The van der Waals surface area contributed by atoms with Gasteiger partial charge in [0.25, 0.3) is 5.91 Å². The quantitative estimate of drug-likeness (QED) is 0.599. The number of thioether (sulfide) groups is 1. The summed E-state index contributed by atoms with van der Waals surface area (Å²) in [6, 6.07) is 8.45. The minimum atomic E-state index is -0.858. The molecule has 0 radical (unpaired) electrons. The normalized spacial score (nSPS) is 17.9. The number of rotatable bonds is 7. The molecule has 1 aromatic rings. The zero-order valence-electron chi connectivity index (χ0n) is 14.3. The zero-order chi connectivity index (χ0) is 17.9. The van der Waals surface area contributed by atoms with Crippen molar-refractivity contribution in [3.05, 3.63) is 29.3 Å². The van der Waals surface area contributed by atoms with Gasteiger partial charge in [0.2, 0.25) is 0 Å². The van der Waals surface area contributed by atoms with Gasteiger partial charge in [0.15, 0.2) is 6.61 Å². The monoisotopic (exact) mass is 358 g/mol. The molecule has 132 valence electrons. The Bertz CT molecular complexity index is 724. The molecule has 1 fully saturated rings. The summed E-state index contributed by atoms with van der Waals surface area (Å²) in [5.74, 6) is -0.477. The minimum Gasteiger partial charge on any atom is -0.455 e. The highest BCUT2D eigenvalue weighted by molar-refractivity contribution is 8.00. The second kappa shape index (κ2) is 7.49. The third-order valence-corrected chi connectivity index (χ3v) is 5.78. The van der Waals surface area contributed by atoms with E-state index in [1.807, 2.05) is 6.07 Å². The number of esters is 1. The van der Waals surface area contributed by atoms with Crippen molar-refractivity contribution in [2.45, 2.75) is 49.5 Å². The van der Waals surface area contributed by atoms with E-state index in [1.165, 1.54) is 29.3 Å². The van der Waals surface area contributed by atoms with E-state index in [-0.39, 0.29) is 18.3 Å². The molecule has 0 aliphatic heterocycles. The number of hydrogen-bond acceptors (Lipinski definition) is 5. The molecule has 0 heterocycles. The Morgan fingerprint density at radius 1 is 1.36 bits per heavy atom. The van der Waals surface area contributed by atoms with Crippen LogP contribution in [0.15, 0.2) is 23.1 Å². The van der Waals surface area contributed by atoms with E-state index in [9.17, 15) is 14.9 Å². The molecule has 2 aliphatic rings. The first-order valence-corrected chi connectivity index (χ1v) is 9.61. The molecule has 0 spiro atoms. The average Bonchev–Trinajstić information content (AvgIpc) is 3.37. The Balaban J connectivity index is 1.41. The van der Waals surface area contributed by atoms with E-state index >= 15 is 0 Å². The van der Waals surface area contributed by atoms with Crippen molar-refractivity contribution in [2.24, 2.45) is 5.92 Å². The Morgan fingerprint density at radius 2 is 2.12 bits per heavy atom. The van der Waals surface area contributed by atoms with Gasteiger partial charge in [-0.3, -0.25) is 9.59 Å². The Hall–Kier alpha value is -2.00. The van der Waals surface area contributed by atoms with Crippen molar-refractivity contribution in [1.29, 1.82) is 5.26 Å². The predicted molar refractivity (Wildman–Crippen MR) is 95.0 cm³/mol. The third kappa shape index (κ3) is 4.55. The molecule has 1 atom stereocenters. The summed E-state index contributed by atoms with van der Waals surface area (Å²) in [6.07, 6.45) is 5.33. The van der Waals surface area contributed by atoms with Crippen molar-refractivity contribution < 1.29 is 14.3 Å². The van der Waals surface area contributed by atoms with E-state index in [1.54, 1.807) is 6.92 Å². The molecule has 2 aliphatic carbocycles. The maximum absolute atomic E-state index is 11.9. The van der Waals surface area contributed by atoms with Gasteiger partial charge in [0, 0.05) is 4.90 Å². The number of carbonyl (C=O) groups excluding carboxylic acids is 2. The van der Waals surface area contributed by atoms with Crippen molar-refractivity contribution in [1.82, 2.24) is 5.32 Å². The van der Waals surface area contributed by atoms with E-state index in [0.29, 0.717) is 0 Å². The van der Waals surface area contributed by atoms with Crippen LogP contribution in [0.3, 0.4) is 0 Å². The molecule has 0 bridgehead atoms. The van der Waals surface area contributed by atoms with E-state index < -0.39 is 17.4 Å². The number of nitrogens with zero attached hydrogens (tertiary/aromatic N) is 1. The lowest BCUT2D eigenvalue weighted by Crippen LogP contribution is -2.48. The molecule has 25 heavy (non-hydrogen) atoms. The average molecular weight is 358 g/mol. The highest BCUT2D eigenvalue weighted by Crippen LogP contribution is 2.39. The largest absolute Gasteiger partial charge is 0.455 e. The van der Waals surface area contributed by atoms with E-state index in [0.717, 1.165) is 30.6 Å². The lowest BCUT2D eigenvalue weighted by molar-refractivity contribution is -0.146. The first-order valence-electron chi connectivity index (χ1n) is 8.62. The maximum Gasteiger partial charge on any atom is 0.316 e. The first-order chi connectivity index (χ1) is 12.0. The van der Waals surface area contributed by atoms with Gasteiger partial charge in [-0.25, -0.2) is 0 Å². The number of fused-ring (bicyclic) bond motifs is 1. The molecule has 6 heteroatoms. The molecule has 3 rings (SSSR count). The highest BCUT2D eigenvalue weighted by atomic mass is 32.2. The van der Waals surface area contributed by atoms with Crippen LogP contribution in [0.1, 0.15) is 37.3 Å². The third-order valence-electron chi connectivity index (χ3n) is 4.82. The fraction of sp³-hybridized carbons (Fsp3) is 0.526. The predicted octanol–water partition coefficient (Wildman–Crippen LogP) is 2.62. The first kappa shape index (κ1) is 17.8. The van der Waals surface area contributed by atoms with Gasteiger partial charge in [-0.2, -0.15) is 5.26 Å². The van der Waals surface area contributed by atoms with Gasteiger partial charge in [-0.15, -0.1) is 11.8 Å². The second-order valence-electron chi connectivity index (χ2n) is 6.87. The second-order valence-corrected chi connectivity index (χ2v) is 7.92. The van der Waals surface area contributed by atoms with Gasteiger partial charge in [0.1, 0.15) is 5.54 Å². The van der Waals surface area contributed by atoms with Gasteiger partial charge in [-0.05, 0) is 68.2 Å². The van der Waals surface area contributed by atoms with Crippen molar-refractivity contribution in [3.8, 4) is 6.07 Å². The molecule has 1 N–H and O–H groups in total. The van der Waals surface area contributed by atoms with Crippen LogP contribution < -0.4 is 5.32 Å². The number of amides is 1. The SMILES string of the molecule is C[C@@](C#N)(NC(=O)COC(=O)CSc1ccc2c(c1)CCC2)C1CC1. The fourth-order valence-electron chi connectivity index (χ4n) is 3.18. The van der Waals surface area contributed by atoms with Crippen LogP contribution in [0.2, 0.25) is 0 Å². The molecular formula is C19H22N2O3S. The van der Waals surface area contributed by atoms with Crippen molar-refractivity contribution >= 4 is 23.6 Å². The Labute approximate surface area is 152 Å². The standard InChI is InChI=1S/C19H22N2O3S/c1-19(12-20,15-6-7-15)21-17(22)10-24-18(23)11-25-16-8-5-13-3-2-4-14(13)9-16/h5,8-9,15H,2-4,6-7,10-11H2,1H3,(H,21,22)/t19-/m0/s1. The van der Waals surface area contributed by atoms with Crippen LogP contribution in [0.4, 0.5) is 0 Å². The summed E-state index contributed by atoms with van der Waals surface area (Å²) in [5, 5.41) is 11.9. The summed E-state index contributed by atoms with van der Waals surface area (Å²) in [4.78, 5) is 24.8. The van der Waals surface area contributed by atoms with Crippen LogP contribution in [0.5, 0.6) is 0 Å². The lowest BCUT2D eigenvalue weighted by atomic mass is 9.98. The Morgan fingerprint density at radius 3 is 2.84 bits per heavy atom. The van der Waals surface area contributed by atoms with Gasteiger partial charge in [-0.1, -0.05) is 6.07 Å². The number of ether oxygens (including phenoxy) is 1. The maximum atomic E-state index is 11.9. The van der Waals surface area contributed by atoms with Gasteiger partial charge < -0.3 is 10.1 Å². The lowest BCUT2D eigenvalue weighted by Gasteiger charge is -2.22. The van der Waals surface area contributed by atoms with Crippen LogP contribution in [-0.2, 0) is 27.2 Å².